The van der Waals surface area contributed by atoms with Crippen molar-refractivity contribution in [1.29, 1.82) is 0 Å². The molecule has 0 aliphatic heterocycles. The number of ether oxygens (including phenoxy) is 1. The largest absolute Gasteiger partial charge is 0.485 e. The molecule has 0 atom stereocenters. The number of furan rings is 1. The first-order chi connectivity index (χ1) is 15.9. The summed E-state index contributed by atoms with van der Waals surface area (Å²) in [4.78, 5) is 12.6. The average Bonchev–Trinajstić information content (AvgIpc) is 3.53. The Labute approximate surface area is 193 Å². The van der Waals surface area contributed by atoms with Crippen LogP contribution in [0.25, 0.3) is 0 Å². The van der Waals surface area contributed by atoms with E-state index in [2.05, 4.69) is 41.5 Å². The fraction of sp³-hybridized carbons (Fsp3) is 0.320. The van der Waals surface area contributed by atoms with Crippen LogP contribution in [0.3, 0.4) is 0 Å². The van der Waals surface area contributed by atoms with E-state index >= 15 is 0 Å². The van der Waals surface area contributed by atoms with Crippen LogP contribution in [0.4, 0.5) is 5.69 Å². The minimum Gasteiger partial charge on any atom is -0.485 e. The molecular weight excluding hydrogens is 418 g/mol. The molecule has 0 aliphatic carbocycles. The fourth-order valence-corrected chi connectivity index (χ4v) is 3.53. The lowest BCUT2D eigenvalue weighted by Crippen LogP contribution is -2.10. The Morgan fingerprint density at radius 2 is 1.94 bits per heavy atom. The Morgan fingerprint density at radius 3 is 2.70 bits per heavy atom. The second-order valence-corrected chi connectivity index (χ2v) is 8.34. The topological polar surface area (TPSA) is 87.1 Å². The van der Waals surface area contributed by atoms with Crippen molar-refractivity contribution in [3.63, 3.8) is 0 Å². The zero-order valence-corrected chi connectivity index (χ0v) is 19.4. The van der Waals surface area contributed by atoms with Crippen molar-refractivity contribution in [3.05, 3.63) is 83.3 Å². The van der Waals surface area contributed by atoms with Gasteiger partial charge < -0.3 is 14.5 Å². The molecule has 1 amide bonds. The van der Waals surface area contributed by atoms with Gasteiger partial charge in [0.15, 0.2) is 5.76 Å². The van der Waals surface area contributed by atoms with Crippen LogP contribution in [0.1, 0.15) is 59.7 Å². The van der Waals surface area contributed by atoms with Crippen LogP contribution in [-0.4, -0.2) is 25.5 Å². The summed E-state index contributed by atoms with van der Waals surface area (Å²) in [6.07, 6.45) is 7.18. The molecule has 3 heterocycles. The number of carbonyl (C=O) groups excluding carboxylic acids is 1. The van der Waals surface area contributed by atoms with Gasteiger partial charge in [0.05, 0.1) is 24.6 Å². The van der Waals surface area contributed by atoms with Crippen molar-refractivity contribution < 1.29 is 13.9 Å². The number of aromatic nitrogens is 4. The number of hydrogen-bond acceptors (Lipinski definition) is 5. The number of anilines is 1. The zero-order valence-electron chi connectivity index (χ0n) is 19.4. The highest BCUT2D eigenvalue weighted by Gasteiger charge is 2.14. The normalized spacial score (nSPS) is 11.2. The molecule has 0 bridgehead atoms. The smallest absolute Gasteiger partial charge is 0.291 e. The summed E-state index contributed by atoms with van der Waals surface area (Å²) >= 11 is 0. The number of hydrogen-bond donors (Lipinski definition) is 1. The van der Waals surface area contributed by atoms with Gasteiger partial charge in [-0.3, -0.25) is 14.2 Å². The number of nitrogens with one attached hydrogen (secondary N) is 1. The molecule has 0 saturated heterocycles. The summed E-state index contributed by atoms with van der Waals surface area (Å²) in [5.41, 5.74) is 3.92. The van der Waals surface area contributed by atoms with Crippen LogP contribution in [0.15, 0.2) is 59.5 Å². The first kappa shape index (κ1) is 22.4. The first-order valence-corrected chi connectivity index (χ1v) is 11.1. The monoisotopic (exact) mass is 447 g/mol. The third-order valence-electron chi connectivity index (χ3n) is 5.29. The number of nitrogens with zero attached hydrogens (tertiary/aromatic N) is 4. The Balaban J connectivity index is 1.35. The van der Waals surface area contributed by atoms with Gasteiger partial charge in [0.1, 0.15) is 18.1 Å². The van der Waals surface area contributed by atoms with Gasteiger partial charge in [0, 0.05) is 24.5 Å². The Kier molecular flexibility index (Phi) is 6.63. The van der Waals surface area contributed by atoms with E-state index in [9.17, 15) is 4.79 Å². The quantitative estimate of drug-likeness (QED) is 0.390. The third kappa shape index (κ3) is 5.52. The van der Waals surface area contributed by atoms with Gasteiger partial charge in [-0.25, -0.2) is 0 Å². The summed E-state index contributed by atoms with van der Waals surface area (Å²) in [5.74, 6) is 1.66. The molecule has 1 aromatic carbocycles. The van der Waals surface area contributed by atoms with E-state index in [1.807, 2.05) is 37.0 Å². The standard InChI is InChI=1S/C25H29N5O3/c1-5-29-13-19(11-26-29)14-30-15-20(12-27-30)28-25(31)23-9-7-21(33-23)16-32-24-10-18(4)6-8-22(24)17(2)3/h6-13,15,17H,5,14,16H2,1-4H3,(H,28,31). The molecule has 0 unspecified atom stereocenters. The fourth-order valence-electron chi connectivity index (χ4n) is 3.53. The summed E-state index contributed by atoms with van der Waals surface area (Å²) in [6, 6.07) is 9.60. The van der Waals surface area contributed by atoms with Crippen LogP contribution in [-0.2, 0) is 19.7 Å². The summed E-state index contributed by atoms with van der Waals surface area (Å²) in [5, 5.41) is 11.4. The zero-order chi connectivity index (χ0) is 23.4. The minimum atomic E-state index is -0.335. The van der Waals surface area contributed by atoms with E-state index in [0.29, 0.717) is 23.9 Å². The highest BCUT2D eigenvalue weighted by Crippen LogP contribution is 2.28. The van der Waals surface area contributed by atoms with Gasteiger partial charge in [-0.15, -0.1) is 0 Å². The van der Waals surface area contributed by atoms with E-state index in [0.717, 1.165) is 29.0 Å². The maximum atomic E-state index is 12.6. The van der Waals surface area contributed by atoms with Gasteiger partial charge in [-0.2, -0.15) is 10.2 Å². The molecule has 0 fully saturated rings. The lowest BCUT2D eigenvalue weighted by Gasteiger charge is -2.14. The number of benzene rings is 1. The van der Waals surface area contributed by atoms with Gasteiger partial charge >= 0.3 is 0 Å². The van der Waals surface area contributed by atoms with Crippen molar-refractivity contribution in [2.45, 2.75) is 53.3 Å². The molecule has 0 saturated carbocycles. The van der Waals surface area contributed by atoms with E-state index < -0.39 is 0 Å². The molecule has 0 aliphatic rings. The van der Waals surface area contributed by atoms with Crippen LogP contribution < -0.4 is 10.1 Å². The van der Waals surface area contributed by atoms with E-state index in [-0.39, 0.29) is 18.3 Å². The second kappa shape index (κ2) is 9.77. The molecule has 4 rings (SSSR count). The summed E-state index contributed by atoms with van der Waals surface area (Å²) in [6.45, 7) is 9.98. The molecular formula is C25H29N5O3. The molecule has 0 radical (unpaired) electrons. The lowest BCUT2D eigenvalue weighted by molar-refractivity contribution is 0.0992. The maximum Gasteiger partial charge on any atom is 0.291 e. The van der Waals surface area contributed by atoms with Crippen molar-refractivity contribution in [2.24, 2.45) is 0 Å². The van der Waals surface area contributed by atoms with Crippen LogP contribution in [0.5, 0.6) is 5.75 Å². The van der Waals surface area contributed by atoms with Crippen LogP contribution in [0, 0.1) is 6.92 Å². The minimum absolute atomic E-state index is 0.221. The first-order valence-electron chi connectivity index (χ1n) is 11.1. The molecule has 8 nitrogen and oxygen atoms in total. The van der Waals surface area contributed by atoms with Crippen LogP contribution >= 0.6 is 0 Å². The molecule has 0 spiro atoms. The van der Waals surface area contributed by atoms with Crippen molar-refractivity contribution >= 4 is 11.6 Å². The highest BCUT2D eigenvalue weighted by molar-refractivity contribution is 6.02. The van der Waals surface area contributed by atoms with Gasteiger partial charge in [0.2, 0.25) is 0 Å². The van der Waals surface area contributed by atoms with Crippen LogP contribution in [0.2, 0.25) is 0 Å². The van der Waals surface area contributed by atoms with E-state index in [1.165, 1.54) is 0 Å². The third-order valence-corrected chi connectivity index (χ3v) is 5.29. The number of amides is 1. The summed E-state index contributed by atoms with van der Waals surface area (Å²) < 4.78 is 15.3. The Bertz CT molecular complexity index is 1230. The van der Waals surface area contributed by atoms with Crippen molar-refractivity contribution in [2.75, 3.05) is 5.32 Å². The molecule has 3 aromatic heterocycles. The predicted octanol–water partition coefficient (Wildman–Crippen LogP) is 5.00. The Morgan fingerprint density at radius 1 is 1.12 bits per heavy atom. The predicted molar refractivity (Wildman–Crippen MR) is 125 cm³/mol. The molecule has 4 aromatic rings. The molecule has 172 valence electrons. The van der Waals surface area contributed by atoms with E-state index in [1.54, 1.807) is 29.2 Å². The lowest BCUT2D eigenvalue weighted by atomic mass is 10.0. The molecule has 33 heavy (non-hydrogen) atoms. The van der Waals surface area contributed by atoms with Crippen molar-refractivity contribution in [3.8, 4) is 5.75 Å². The van der Waals surface area contributed by atoms with Gasteiger partial charge in [0.25, 0.3) is 5.91 Å². The second-order valence-electron chi connectivity index (χ2n) is 8.34. The Hall–Kier alpha value is -3.81. The van der Waals surface area contributed by atoms with Crippen molar-refractivity contribution in [1.82, 2.24) is 19.6 Å². The van der Waals surface area contributed by atoms with E-state index in [4.69, 9.17) is 9.15 Å². The molecule has 8 heteroatoms. The van der Waals surface area contributed by atoms with Gasteiger partial charge in [-0.1, -0.05) is 26.0 Å². The summed E-state index contributed by atoms with van der Waals surface area (Å²) in [7, 11) is 0. The number of aryl methyl sites for hydroxylation is 2. The SMILES string of the molecule is CCn1cc(Cn2cc(NC(=O)c3ccc(COc4cc(C)ccc4C(C)C)o3)cn2)cn1. The highest BCUT2D eigenvalue weighted by atomic mass is 16.5. The average molecular weight is 448 g/mol. The molecule has 1 N–H and O–H groups in total. The maximum absolute atomic E-state index is 12.6. The number of carbonyl (C=O) groups is 1. The number of rotatable bonds is 9. The van der Waals surface area contributed by atoms with Gasteiger partial charge in [-0.05, 0) is 49.1 Å².